The monoisotopic (exact) mass is 472 g/mol. The molecule has 2 amide bonds. The van der Waals surface area contributed by atoms with Gasteiger partial charge >= 0.3 is 5.97 Å². The SMILES string of the molecule is COC(=O)CNC(=O)c1ccc(NC(=O)c2cc(Cl)ccc2I)cc1. The fraction of sp³-hybridized carbons (Fsp3) is 0.118. The van der Waals surface area contributed by atoms with Crippen molar-refractivity contribution < 1.29 is 19.1 Å². The number of rotatable bonds is 5. The number of halogens is 2. The van der Waals surface area contributed by atoms with Gasteiger partial charge in [0.15, 0.2) is 0 Å². The molecule has 0 heterocycles. The van der Waals surface area contributed by atoms with Gasteiger partial charge in [0.2, 0.25) is 0 Å². The van der Waals surface area contributed by atoms with E-state index in [1.807, 2.05) is 0 Å². The molecule has 0 aromatic heterocycles. The van der Waals surface area contributed by atoms with E-state index in [0.717, 1.165) is 3.57 Å². The quantitative estimate of drug-likeness (QED) is 0.517. The van der Waals surface area contributed by atoms with Gasteiger partial charge in [-0.05, 0) is 65.1 Å². The Morgan fingerprint density at radius 3 is 2.40 bits per heavy atom. The molecule has 2 aromatic rings. The van der Waals surface area contributed by atoms with Crippen LogP contribution >= 0.6 is 34.2 Å². The molecule has 2 aromatic carbocycles. The molecule has 0 radical (unpaired) electrons. The maximum atomic E-state index is 12.3. The van der Waals surface area contributed by atoms with Gasteiger partial charge in [-0.1, -0.05) is 11.6 Å². The lowest BCUT2D eigenvalue weighted by Crippen LogP contribution is -2.30. The van der Waals surface area contributed by atoms with Gasteiger partial charge in [-0.3, -0.25) is 14.4 Å². The fourth-order valence-corrected chi connectivity index (χ4v) is 2.65. The highest BCUT2D eigenvalue weighted by Crippen LogP contribution is 2.19. The van der Waals surface area contributed by atoms with Gasteiger partial charge in [-0.2, -0.15) is 0 Å². The van der Waals surface area contributed by atoms with Gasteiger partial charge in [-0.15, -0.1) is 0 Å². The highest BCUT2D eigenvalue weighted by atomic mass is 127. The minimum absolute atomic E-state index is 0.207. The Bertz CT molecular complexity index is 809. The molecule has 8 heteroatoms. The summed E-state index contributed by atoms with van der Waals surface area (Å²) in [4.78, 5) is 35.2. The third-order valence-electron chi connectivity index (χ3n) is 3.20. The van der Waals surface area contributed by atoms with Crippen LogP contribution in [0.1, 0.15) is 20.7 Å². The first-order valence-corrected chi connectivity index (χ1v) is 8.58. The van der Waals surface area contributed by atoms with Crippen molar-refractivity contribution in [2.45, 2.75) is 0 Å². The molecule has 6 nitrogen and oxygen atoms in total. The van der Waals surface area contributed by atoms with Gasteiger partial charge in [0.25, 0.3) is 11.8 Å². The van der Waals surface area contributed by atoms with E-state index in [0.29, 0.717) is 21.8 Å². The molecule has 0 saturated carbocycles. The van der Waals surface area contributed by atoms with E-state index in [4.69, 9.17) is 11.6 Å². The van der Waals surface area contributed by atoms with Crippen molar-refractivity contribution in [2.75, 3.05) is 19.0 Å². The van der Waals surface area contributed by atoms with Crippen LogP contribution in [0, 0.1) is 3.57 Å². The molecule has 130 valence electrons. The second kappa shape index (κ2) is 8.82. The first kappa shape index (κ1) is 19.2. The maximum absolute atomic E-state index is 12.3. The number of hydrogen-bond donors (Lipinski definition) is 2. The lowest BCUT2D eigenvalue weighted by atomic mass is 10.1. The van der Waals surface area contributed by atoms with Gasteiger partial charge < -0.3 is 15.4 Å². The van der Waals surface area contributed by atoms with Crippen LogP contribution in [-0.2, 0) is 9.53 Å². The molecule has 0 aliphatic heterocycles. The van der Waals surface area contributed by atoms with Crippen LogP contribution in [0.3, 0.4) is 0 Å². The van der Waals surface area contributed by atoms with E-state index in [2.05, 4.69) is 38.0 Å². The highest BCUT2D eigenvalue weighted by Gasteiger charge is 2.12. The Morgan fingerprint density at radius 1 is 1.08 bits per heavy atom. The molecular weight excluding hydrogens is 459 g/mol. The summed E-state index contributed by atoms with van der Waals surface area (Å²) in [6.07, 6.45) is 0. The van der Waals surface area contributed by atoms with Crippen molar-refractivity contribution in [3.8, 4) is 0 Å². The minimum Gasteiger partial charge on any atom is -0.468 e. The summed E-state index contributed by atoms with van der Waals surface area (Å²) in [5.41, 5.74) is 1.36. The van der Waals surface area contributed by atoms with Gasteiger partial charge in [0, 0.05) is 19.8 Å². The first-order chi connectivity index (χ1) is 11.9. The number of carbonyl (C=O) groups is 3. The number of methoxy groups -OCH3 is 1. The van der Waals surface area contributed by atoms with Gasteiger partial charge in [0.1, 0.15) is 6.54 Å². The van der Waals surface area contributed by atoms with Crippen molar-refractivity contribution in [1.29, 1.82) is 0 Å². The van der Waals surface area contributed by atoms with Crippen LogP contribution in [0.15, 0.2) is 42.5 Å². The largest absolute Gasteiger partial charge is 0.468 e. The molecule has 0 bridgehead atoms. The zero-order chi connectivity index (χ0) is 18.4. The van der Waals surface area contributed by atoms with Crippen molar-refractivity contribution in [3.05, 3.63) is 62.2 Å². The predicted molar refractivity (Wildman–Crippen MR) is 103 cm³/mol. The average Bonchev–Trinajstić information content (AvgIpc) is 2.61. The molecule has 0 aliphatic rings. The molecule has 0 unspecified atom stereocenters. The number of nitrogens with one attached hydrogen (secondary N) is 2. The first-order valence-electron chi connectivity index (χ1n) is 7.12. The standard InChI is InChI=1S/C17H14ClIN2O4/c1-25-15(22)9-20-16(23)10-2-5-12(6-3-10)21-17(24)13-8-11(18)4-7-14(13)19/h2-8H,9H2,1H3,(H,20,23)(H,21,24). The van der Waals surface area contributed by atoms with E-state index in [1.54, 1.807) is 42.5 Å². The van der Waals surface area contributed by atoms with E-state index < -0.39 is 11.9 Å². The molecule has 0 aliphatic carbocycles. The fourth-order valence-electron chi connectivity index (χ4n) is 1.90. The second-order valence-corrected chi connectivity index (χ2v) is 6.51. The zero-order valence-corrected chi connectivity index (χ0v) is 16.1. The summed E-state index contributed by atoms with van der Waals surface area (Å²) >= 11 is 7.98. The van der Waals surface area contributed by atoms with Crippen molar-refractivity contribution in [1.82, 2.24) is 5.32 Å². The van der Waals surface area contributed by atoms with Crippen LogP contribution in [0.25, 0.3) is 0 Å². The molecule has 25 heavy (non-hydrogen) atoms. The molecule has 0 spiro atoms. The van der Waals surface area contributed by atoms with Crippen LogP contribution in [0.4, 0.5) is 5.69 Å². The van der Waals surface area contributed by atoms with Gasteiger partial charge in [0.05, 0.1) is 12.7 Å². The minimum atomic E-state index is -0.534. The van der Waals surface area contributed by atoms with Crippen molar-refractivity contribution in [3.63, 3.8) is 0 Å². The highest BCUT2D eigenvalue weighted by molar-refractivity contribution is 14.1. The van der Waals surface area contributed by atoms with Gasteiger partial charge in [-0.25, -0.2) is 0 Å². The Kier molecular flexibility index (Phi) is 6.77. The summed E-state index contributed by atoms with van der Waals surface area (Å²) in [5, 5.41) is 5.65. The van der Waals surface area contributed by atoms with Crippen molar-refractivity contribution >= 4 is 57.7 Å². The molecule has 0 atom stereocenters. The molecule has 0 saturated heterocycles. The molecular formula is C17H14ClIN2O4. The number of carbonyl (C=O) groups excluding carboxylic acids is 3. The number of amides is 2. The number of benzene rings is 2. The van der Waals surface area contributed by atoms with E-state index in [-0.39, 0.29) is 12.5 Å². The second-order valence-electron chi connectivity index (χ2n) is 4.91. The van der Waals surface area contributed by atoms with E-state index in [9.17, 15) is 14.4 Å². The topological polar surface area (TPSA) is 84.5 Å². The van der Waals surface area contributed by atoms with Crippen LogP contribution in [0.2, 0.25) is 5.02 Å². The lowest BCUT2D eigenvalue weighted by molar-refractivity contribution is -0.139. The lowest BCUT2D eigenvalue weighted by Gasteiger charge is -2.08. The maximum Gasteiger partial charge on any atom is 0.325 e. The Morgan fingerprint density at radius 2 is 1.76 bits per heavy atom. The average molecular weight is 473 g/mol. The third-order valence-corrected chi connectivity index (χ3v) is 4.37. The Balaban J connectivity index is 2.02. The van der Waals surface area contributed by atoms with E-state index >= 15 is 0 Å². The number of hydrogen-bond acceptors (Lipinski definition) is 4. The summed E-state index contributed by atoms with van der Waals surface area (Å²) in [6.45, 7) is -0.207. The summed E-state index contributed by atoms with van der Waals surface area (Å²) in [5.74, 6) is -1.24. The molecule has 2 N–H and O–H groups in total. The summed E-state index contributed by atoms with van der Waals surface area (Å²) in [6, 6.07) is 11.3. The summed E-state index contributed by atoms with van der Waals surface area (Å²) < 4.78 is 5.22. The molecule has 0 fully saturated rings. The van der Waals surface area contributed by atoms with Crippen molar-refractivity contribution in [2.24, 2.45) is 0 Å². The smallest absolute Gasteiger partial charge is 0.325 e. The van der Waals surface area contributed by atoms with Crippen LogP contribution in [-0.4, -0.2) is 31.4 Å². The number of esters is 1. The number of ether oxygens (including phenoxy) is 1. The van der Waals surface area contributed by atoms with Crippen LogP contribution in [0.5, 0.6) is 0 Å². The predicted octanol–water partition coefficient (Wildman–Crippen LogP) is 3.10. The Labute approximate surface area is 163 Å². The van der Waals surface area contributed by atoms with E-state index in [1.165, 1.54) is 7.11 Å². The molecule has 2 rings (SSSR count). The normalized spacial score (nSPS) is 10.0. The summed E-state index contributed by atoms with van der Waals surface area (Å²) in [7, 11) is 1.24. The zero-order valence-electron chi connectivity index (χ0n) is 13.1. The Hall–Kier alpha value is -2.13. The number of anilines is 1. The van der Waals surface area contributed by atoms with Crippen LogP contribution < -0.4 is 10.6 Å². The third kappa shape index (κ3) is 5.43.